The fraction of sp³-hybridized carbons (Fsp3) is 0.278. The van der Waals surface area contributed by atoms with Crippen LogP contribution in [0.1, 0.15) is 18.4 Å². The van der Waals surface area contributed by atoms with Gasteiger partial charge in [-0.2, -0.15) is 0 Å². The van der Waals surface area contributed by atoms with E-state index in [1.165, 1.54) is 24.3 Å². The minimum absolute atomic E-state index is 0.00340. The smallest absolute Gasteiger partial charge is 0.264 e. The number of nitrogens with zero attached hydrogens (tertiary/aromatic N) is 1. The highest BCUT2D eigenvalue weighted by Crippen LogP contribution is 2.41. The molecular weight excluding hydrogens is 423 g/mol. The molecule has 1 amide bonds. The van der Waals surface area contributed by atoms with E-state index in [2.05, 4.69) is 20.7 Å². The minimum Gasteiger partial charge on any atom is -0.310 e. The van der Waals surface area contributed by atoms with Gasteiger partial charge in [-0.1, -0.05) is 22.0 Å². The third-order valence-electron chi connectivity index (χ3n) is 4.55. The van der Waals surface area contributed by atoms with E-state index in [9.17, 15) is 17.6 Å². The summed E-state index contributed by atoms with van der Waals surface area (Å²) in [6.07, 6.45) is 2.31. The van der Waals surface area contributed by atoms with Crippen LogP contribution in [-0.4, -0.2) is 20.9 Å². The summed E-state index contributed by atoms with van der Waals surface area (Å²) < 4.78 is 42.4. The molecule has 1 fully saturated rings. The van der Waals surface area contributed by atoms with E-state index in [0.717, 1.165) is 24.5 Å². The molecule has 2 aliphatic rings. The predicted molar refractivity (Wildman–Crippen MR) is 100 cm³/mol. The second kappa shape index (κ2) is 6.35. The fourth-order valence-corrected chi connectivity index (χ4v) is 5.19. The molecule has 4 rings (SSSR count). The van der Waals surface area contributed by atoms with Crippen LogP contribution in [0, 0.1) is 11.7 Å². The van der Waals surface area contributed by atoms with Crippen molar-refractivity contribution in [1.29, 1.82) is 0 Å². The van der Waals surface area contributed by atoms with Gasteiger partial charge in [-0.25, -0.2) is 12.8 Å². The molecule has 1 aliphatic heterocycles. The summed E-state index contributed by atoms with van der Waals surface area (Å²) in [4.78, 5) is 14.2. The van der Waals surface area contributed by atoms with Crippen LogP contribution in [0.25, 0.3) is 0 Å². The monoisotopic (exact) mass is 438 g/mol. The molecule has 0 unspecified atom stereocenters. The molecule has 0 bridgehead atoms. The van der Waals surface area contributed by atoms with Crippen molar-refractivity contribution in [2.75, 3.05) is 16.2 Å². The van der Waals surface area contributed by atoms with Gasteiger partial charge >= 0.3 is 0 Å². The standard InChI is InChI=1S/C18H16BrFN2O3S/c19-13-8-12-6-7-22(18(23)11-4-5-11)17(12)16(9-13)26(24,25)21-15-3-1-2-14(20)10-15/h1-3,8-11,21H,4-7H2. The molecule has 0 atom stereocenters. The van der Waals surface area contributed by atoms with Crippen LogP contribution in [0.4, 0.5) is 15.8 Å². The summed E-state index contributed by atoms with van der Waals surface area (Å²) in [6.45, 7) is 0.476. The van der Waals surface area contributed by atoms with Crippen molar-refractivity contribution in [3.8, 4) is 0 Å². The Bertz CT molecular complexity index is 1010. The Morgan fingerprint density at radius 1 is 1.23 bits per heavy atom. The number of amides is 1. The zero-order chi connectivity index (χ0) is 18.5. The largest absolute Gasteiger partial charge is 0.310 e. The van der Waals surface area contributed by atoms with Crippen LogP contribution in [-0.2, 0) is 21.2 Å². The Kier molecular flexibility index (Phi) is 4.27. The average Bonchev–Trinajstić information content (AvgIpc) is 3.33. The van der Waals surface area contributed by atoms with Crippen molar-refractivity contribution in [3.63, 3.8) is 0 Å². The zero-order valence-electron chi connectivity index (χ0n) is 13.7. The van der Waals surface area contributed by atoms with Crippen LogP contribution >= 0.6 is 15.9 Å². The van der Waals surface area contributed by atoms with Crippen molar-refractivity contribution >= 4 is 43.2 Å². The number of halogens is 2. The Balaban J connectivity index is 1.77. The highest BCUT2D eigenvalue weighted by Gasteiger charge is 2.39. The molecule has 1 aliphatic carbocycles. The van der Waals surface area contributed by atoms with Gasteiger partial charge in [-0.05, 0) is 55.2 Å². The molecule has 26 heavy (non-hydrogen) atoms. The minimum atomic E-state index is -3.99. The number of benzene rings is 2. The molecule has 2 aromatic carbocycles. The van der Waals surface area contributed by atoms with Gasteiger partial charge in [-0.15, -0.1) is 0 Å². The number of carbonyl (C=O) groups excluding carboxylic acids is 1. The average molecular weight is 439 g/mol. The number of nitrogens with one attached hydrogen (secondary N) is 1. The molecule has 0 radical (unpaired) electrons. The van der Waals surface area contributed by atoms with E-state index in [1.807, 2.05) is 6.07 Å². The summed E-state index contributed by atoms with van der Waals surface area (Å²) >= 11 is 3.35. The number of carbonyl (C=O) groups is 1. The third-order valence-corrected chi connectivity index (χ3v) is 6.40. The molecule has 5 nitrogen and oxygen atoms in total. The van der Waals surface area contributed by atoms with E-state index < -0.39 is 15.8 Å². The van der Waals surface area contributed by atoms with Crippen molar-refractivity contribution in [2.24, 2.45) is 5.92 Å². The maximum absolute atomic E-state index is 13.4. The summed E-state index contributed by atoms with van der Waals surface area (Å²) in [5, 5.41) is 0. The Morgan fingerprint density at radius 3 is 2.69 bits per heavy atom. The van der Waals surface area contributed by atoms with Gasteiger partial charge in [0.15, 0.2) is 0 Å². The van der Waals surface area contributed by atoms with Gasteiger partial charge in [0.1, 0.15) is 10.7 Å². The van der Waals surface area contributed by atoms with Gasteiger partial charge in [-0.3, -0.25) is 9.52 Å². The lowest BCUT2D eigenvalue weighted by Gasteiger charge is -2.21. The number of fused-ring (bicyclic) bond motifs is 1. The highest BCUT2D eigenvalue weighted by atomic mass is 79.9. The van der Waals surface area contributed by atoms with Gasteiger partial charge in [0.2, 0.25) is 5.91 Å². The van der Waals surface area contributed by atoms with E-state index in [1.54, 1.807) is 4.90 Å². The first-order chi connectivity index (χ1) is 12.3. The van der Waals surface area contributed by atoms with Crippen molar-refractivity contribution in [2.45, 2.75) is 24.2 Å². The first-order valence-electron chi connectivity index (χ1n) is 8.27. The normalized spacial score (nSPS) is 16.5. The van der Waals surface area contributed by atoms with E-state index in [0.29, 0.717) is 23.1 Å². The van der Waals surface area contributed by atoms with Crippen LogP contribution in [0.15, 0.2) is 45.8 Å². The lowest BCUT2D eigenvalue weighted by atomic mass is 10.2. The molecule has 0 aromatic heterocycles. The highest BCUT2D eigenvalue weighted by molar-refractivity contribution is 9.10. The van der Waals surface area contributed by atoms with Gasteiger partial charge < -0.3 is 4.90 Å². The van der Waals surface area contributed by atoms with E-state index in [-0.39, 0.29) is 22.4 Å². The van der Waals surface area contributed by atoms with Gasteiger partial charge in [0, 0.05) is 16.9 Å². The van der Waals surface area contributed by atoms with Crippen LogP contribution in [0.3, 0.4) is 0 Å². The SMILES string of the molecule is O=C(C1CC1)N1CCc2cc(Br)cc(S(=O)(=O)Nc3cccc(F)c3)c21. The van der Waals surface area contributed by atoms with Gasteiger partial charge in [0.25, 0.3) is 10.0 Å². The molecule has 0 saturated heterocycles. The lowest BCUT2D eigenvalue weighted by Crippen LogP contribution is -2.31. The molecule has 136 valence electrons. The molecule has 8 heteroatoms. The lowest BCUT2D eigenvalue weighted by molar-refractivity contribution is -0.119. The number of hydrogen-bond donors (Lipinski definition) is 1. The topological polar surface area (TPSA) is 66.5 Å². The first kappa shape index (κ1) is 17.5. The summed E-state index contributed by atoms with van der Waals surface area (Å²) in [7, 11) is -3.99. The van der Waals surface area contributed by atoms with Crippen LogP contribution in [0.2, 0.25) is 0 Å². The number of anilines is 2. The maximum atomic E-state index is 13.4. The fourth-order valence-electron chi connectivity index (χ4n) is 3.21. The van der Waals surface area contributed by atoms with Crippen LogP contribution in [0.5, 0.6) is 0 Å². The second-order valence-electron chi connectivity index (χ2n) is 6.54. The molecule has 2 aromatic rings. The number of hydrogen-bond acceptors (Lipinski definition) is 3. The predicted octanol–water partition coefficient (Wildman–Crippen LogP) is 3.69. The number of sulfonamides is 1. The molecule has 1 N–H and O–H groups in total. The van der Waals surface area contributed by atoms with Crippen molar-refractivity contribution in [3.05, 3.63) is 52.3 Å². The second-order valence-corrected chi connectivity index (χ2v) is 9.11. The van der Waals surface area contributed by atoms with Crippen molar-refractivity contribution < 1.29 is 17.6 Å². The quantitative estimate of drug-likeness (QED) is 0.791. The third kappa shape index (κ3) is 3.23. The van der Waals surface area contributed by atoms with E-state index in [4.69, 9.17) is 0 Å². The molecule has 1 saturated carbocycles. The zero-order valence-corrected chi connectivity index (χ0v) is 16.1. The summed E-state index contributed by atoms with van der Waals surface area (Å²) in [5.41, 5.74) is 1.39. The summed E-state index contributed by atoms with van der Waals surface area (Å²) in [5.74, 6) is -0.556. The van der Waals surface area contributed by atoms with E-state index >= 15 is 0 Å². The molecular formula is C18H16BrFN2O3S. The van der Waals surface area contributed by atoms with Gasteiger partial charge in [0.05, 0.1) is 11.4 Å². The number of rotatable bonds is 4. The molecule has 0 spiro atoms. The Labute approximate surface area is 159 Å². The maximum Gasteiger partial charge on any atom is 0.264 e. The first-order valence-corrected chi connectivity index (χ1v) is 10.5. The van der Waals surface area contributed by atoms with Crippen LogP contribution < -0.4 is 9.62 Å². The Morgan fingerprint density at radius 2 is 2.00 bits per heavy atom. The summed E-state index contributed by atoms with van der Waals surface area (Å²) in [6, 6.07) is 8.59. The Hall–Kier alpha value is -1.93. The molecule has 1 heterocycles. The van der Waals surface area contributed by atoms with Crippen molar-refractivity contribution in [1.82, 2.24) is 0 Å².